The largest absolute Gasteiger partial charge is 0.480 e. The Morgan fingerprint density at radius 3 is 2.56 bits per heavy atom. The number of aromatic nitrogens is 1. The molecule has 182 valence electrons. The molecule has 1 atom stereocenters. The summed E-state index contributed by atoms with van der Waals surface area (Å²) in [5, 5.41) is 14.5. The van der Waals surface area contributed by atoms with Crippen molar-refractivity contribution >= 4 is 46.6 Å². The summed E-state index contributed by atoms with van der Waals surface area (Å²) in [6, 6.07) is 20.7. The summed E-state index contributed by atoms with van der Waals surface area (Å²) in [5.74, 6) is -0.775. The second-order valence-corrected chi connectivity index (χ2v) is 9.53. The smallest absolute Gasteiger partial charge is 0.326 e. The van der Waals surface area contributed by atoms with Crippen LogP contribution in [-0.4, -0.2) is 40.0 Å². The van der Waals surface area contributed by atoms with E-state index in [-0.39, 0.29) is 0 Å². The van der Waals surface area contributed by atoms with Crippen LogP contribution >= 0.6 is 11.8 Å². The van der Waals surface area contributed by atoms with Crippen molar-refractivity contribution in [1.29, 1.82) is 0 Å². The van der Waals surface area contributed by atoms with Gasteiger partial charge in [0.1, 0.15) is 6.04 Å². The van der Waals surface area contributed by atoms with E-state index in [4.69, 9.17) is 0 Å². The monoisotopic (exact) mass is 496 g/mol. The number of amides is 1. The molecule has 36 heavy (non-hydrogen) atoms. The Morgan fingerprint density at radius 1 is 1.00 bits per heavy atom. The van der Waals surface area contributed by atoms with Gasteiger partial charge in [0.05, 0.1) is 0 Å². The third-order valence-electron chi connectivity index (χ3n) is 6.09. The third kappa shape index (κ3) is 5.83. The van der Waals surface area contributed by atoms with Crippen LogP contribution in [0.3, 0.4) is 0 Å². The second-order valence-electron chi connectivity index (χ2n) is 8.55. The Balaban J connectivity index is 1.72. The highest BCUT2D eigenvalue weighted by Gasteiger charge is 2.22. The van der Waals surface area contributed by atoms with Crippen molar-refractivity contribution in [2.45, 2.75) is 19.4 Å². The molecule has 1 heterocycles. The van der Waals surface area contributed by atoms with E-state index in [2.05, 4.69) is 16.4 Å². The number of pyridine rings is 1. The van der Waals surface area contributed by atoms with Crippen molar-refractivity contribution in [2.75, 3.05) is 12.0 Å². The number of benzene rings is 3. The molecule has 0 aliphatic rings. The topological polar surface area (TPSA) is 79.3 Å². The van der Waals surface area contributed by atoms with Crippen molar-refractivity contribution < 1.29 is 14.7 Å². The first kappa shape index (κ1) is 25.2. The summed E-state index contributed by atoms with van der Waals surface area (Å²) < 4.78 is 0. The number of thioether (sulfide) groups is 1. The summed E-state index contributed by atoms with van der Waals surface area (Å²) in [6.45, 7) is 2.00. The van der Waals surface area contributed by atoms with Crippen LogP contribution in [-0.2, 0) is 4.79 Å². The molecule has 0 fully saturated rings. The zero-order valence-electron chi connectivity index (χ0n) is 20.3. The molecule has 1 amide bonds. The Bertz CT molecular complexity index is 1430. The maximum Gasteiger partial charge on any atom is 0.326 e. The molecule has 0 radical (unpaired) electrons. The minimum Gasteiger partial charge on any atom is -0.480 e. The van der Waals surface area contributed by atoms with Crippen LogP contribution < -0.4 is 5.32 Å². The van der Waals surface area contributed by atoms with Crippen molar-refractivity contribution in [3.63, 3.8) is 0 Å². The van der Waals surface area contributed by atoms with E-state index >= 15 is 0 Å². The third-order valence-corrected chi connectivity index (χ3v) is 6.74. The molecule has 3 aromatic carbocycles. The van der Waals surface area contributed by atoms with Crippen molar-refractivity contribution in [3.05, 3.63) is 101 Å². The molecular formula is C30H28N2O3S. The highest BCUT2D eigenvalue weighted by molar-refractivity contribution is 7.98. The number of hydrogen-bond donors (Lipinski definition) is 2. The first-order chi connectivity index (χ1) is 17.5. The molecule has 6 heteroatoms. The van der Waals surface area contributed by atoms with Gasteiger partial charge in [-0.1, -0.05) is 66.7 Å². The Labute approximate surface area is 215 Å². The van der Waals surface area contributed by atoms with Gasteiger partial charge in [-0.25, -0.2) is 4.79 Å². The maximum absolute atomic E-state index is 13.3. The molecule has 0 aliphatic heterocycles. The SMILES string of the molecule is CSCCC(NC(=O)c1ccc(/C=C/c2cncc3ccccc23)cc1-c1ccccc1C)C(=O)O. The second kappa shape index (κ2) is 11.7. The summed E-state index contributed by atoms with van der Waals surface area (Å²) >= 11 is 1.55. The standard InChI is InChI=1S/C30H28N2O3S/c1-20-7-3-5-9-24(20)27-17-21(11-13-23-19-31-18-22-8-4-6-10-25(22)23)12-14-26(27)29(33)32-28(30(34)35)15-16-36-2/h3-14,17-19,28H,15-16H2,1-2H3,(H,32,33)(H,34,35)/b13-11+. The van der Waals surface area contributed by atoms with Crippen LogP contribution in [0.5, 0.6) is 0 Å². The fourth-order valence-electron chi connectivity index (χ4n) is 4.15. The van der Waals surface area contributed by atoms with Gasteiger partial charge in [0, 0.05) is 28.9 Å². The lowest BCUT2D eigenvalue weighted by atomic mass is 9.93. The van der Waals surface area contributed by atoms with E-state index in [1.54, 1.807) is 17.8 Å². The molecule has 1 aromatic heterocycles. The number of carbonyl (C=O) groups excluding carboxylic acids is 1. The van der Waals surface area contributed by atoms with Crippen LogP contribution in [0.25, 0.3) is 34.1 Å². The number of carboxylic acids is 1. The Morgan fingerprint density at radius 2 is 1.78 bits per heavy atom. The molecule has 4 aromatic rings. The highest BCUT2D eigenvalue weighted by Crippen LogP contribution is 2.29. The summed E-state index contributed by atoms with van der Waals surface area (Å²) in [4.78, 5) is 29.3. The van der Waals surface area contributed by atoms with Crippen LogP contribution in [0.15, 0.2) is 79.1 Å². The van der Waals surface area contributed by atoms with Gasteiger partial charge in [-0.3, -0.25) is 9.78 Å². The molecule has 0 spiro atoms. The van der Waals surface area contributed by atoms with Gasteiger partial charge in [-0.15, -0.1) is 0 Å². The zero-order valence-corrected chi connectivity index (χ0v) is 21.1. The van der Waals surface area contributed by atoms with Crippen molar-refractivity contribution in [1.82, 2.24) is 10.3 Å². The van der Waals surface area contributed by atoms with Crippen LogP contribution in [0, 0.1) is 6.92 Å². The molecule has 4 rings (SSSR count). The number of rotatable bonds is 9. The van der Waals surface area contributed by atoms with E-state index in [1.807, 2.05) is 92.3 Å². The van der Waals surface area contributed by atoms with Gasteiger partial charge < -0.3 is 10.4 Å². The zero-order chi connectivity index (χ0) is 25.5. The number of aliphatic carboxylic acids is 1. The predicted octanol–water partition coefficient (Wildman–Crippen LogP) is 6.32. The van der Waals surface area contributed by atoms with Crippen LogP contribution in [0.1, 0.15) is 33.5 Å². The summed E-state index contributed by atoms with van der Waals surface area (Å²) in [5.41, 5.74) is 5.10. The average Bonchev–Trinajstić information content (AvgIpc) is 2.89. The van der Waals surface area contributed by atoms with Gasteiger partial charge in [0.2, 0.25) is 0 Å². The molecule has 1 unspecified atom stereocenters. The number of carboxylic acid groups (broad SMARTS) is 1. The van der Waals surface area contributed by atoms with Crippen molar-refractivity contribution in [2.24, 2.45) is 0 Å². The maximum atomic E-state index is 13.3. The number of nitrogens with zero attached hydrogens (tertiary/aromatic N) is 1. The summed E-state index contributed by atoms with van der Waals surface area (Å²) in [6.07, 6.45) is 9.99. The minimum atomic E-state index is -1.03. The number of fused-ring (bicyclic) bond motifs is 1. The van der Waals surface area contributed by atoms with Gasteiger partial charge in [0.25, 0.3) is 5.91 Å². The average molecular weight is 497 g/mol. The Kier molecular flexibility index (Phi) is 8.18. The molecule has 2 N–H and O–H groups in total. The lowest BCUT2D eigenvalue weighted by molar-refractivity contribution is -0.139. The van der Waals surface area contributed by atoms with E-state index in [0.717, 1.165) is 38.6 Å². The molecule has 0 bridgehead atoms. The number of carbonyl (C=O) groups is 2. The lowest BCUT2D eigenvalue weighted by Gasteiger charge is -2.17. The molecular weight excluding hydrogens is 468 g/mol. The predicted molar refractivity (Wildman–Crippen MR) is 149 cm³/mol. The van der Waals surface area contributed by atoms with Gasteiger partial charge in [-0.2, -0.15) is 11.8 Å². The minimum absolute atomic E-state index is 0.363. The van der Waals surface area contributed by atoms with Crippen LogP contribution in [0.2, 0.25) is 0 Å². The fourth-order valence-corrected chi connectivity index (χ4v) is 4.62. The lowest BCUT2D eigenvalue weighted by Crippen LogP contribution is -2.41. The van der Waals surface area contributed by atoms with E-state index in [0.29, 0.717) is 17.7 Å². The van der Waals surface area contributed by atoms with E-state index in [1.165, 1.54) is 0 Å². The van der Waals surface area contributed by atoms with Gasteiger partial charge >= 0.3 is 5.97 Å². The highest BCUT2D eigenvalue weighted by atomic mass is 32.2. The van der Waals surface area contributed by atoms with Gasteiger partial charge in [0.15, 0.2) is 0 Å². The number of nitrogens with one attached hydrogen (secondary N) is 1. The normalized spacial score (nSPS) is 12.1. The van der Waals surface area contributed by atoms with Crippen LogP contribution in [0.4, 0.5) is 0 Å². The first-order valence-corrected chi connectivity index (χ1v) is 13.1. The molecule has 0 saturated heterocycles. The summed E-state index contributed by atoms with van der Waals surface area (Å²) in [7, 11) is 0. The van der Waals surface area contributed by atoms with E-state index in [9.17, 15) is 14.7 Å². The first-order valence-electron chi connectivity index (χ1n) is 11.7. The molecule has 5 nitrogen and oxygen atoms in total. The molecule has 0 aliphatic carbocycles. The van der Waals surface area contributed by atoms with Gasteiger partial charge in [-0.05, 0) is 65.1 Å². The molecule has 0 saturated carbocycles. The van der Waals surface area contributed by atoms with Crippen molar-refractivity contribution in [3.8, 4) is 11.1 Å². The quantitative estimate of drug-likeness (QED) is 0.284. The fraction of sp³-hybridized carbons (Fsp3) is 0.167. The number of aryl methyl sites for hydroxylation is 1. The number of hydrogen-bond acceptors (Lipinski definition) is 4. The van der Waals surface area contributed by atoms with E-state index < -0.39 is 17.9 Å². The Hall–Kier alpha value is -3.90.